The lowest BCUT2D eigenvalue weighted by atomic mass is 10.1. The van der Waals surface area contributed by atoms with Crippen LogP contribution in [0.2, 0.25) is 0 Å². The number of anilines is 1. The predicted molar refractivity (Wildman–Crippen MR) is 99.9 cm³/mol. The van der Waals surface area contributed by atoms with Crippen LogP contribution in [0.25, 0.3) is 6.08 Å². The van der Waals surface area contributed by atoms with Crippen LogP contribution < -0.4 is 21.3 Å². The van der Waals surface area contributed by atoms with E-state index in [0.29, 0.717) is 13.0 Å². The van der Waals surface area contributed by atoms with Crippen LogP contribution in [0, 0.1) is 6.92 Å². The molecule has 0 atom stereocenters. The highest BCUT2D eigenvalue weighted by Crippen LogP contribution is 2.27. The minimum atomic E-state index is -0.579. The number of carbonyl (C=O) groups excluding carboxylic acids is 1. The van der Waals surface area contributed by atoms with Gasteiger partial charge in [-0.2, -0.15) is 0 Å². The van der Waals surface area contributed by atoms with Gasteiger partial charge in [-0.25, -0.2) is 4.79 Å². The molecule has 26 heavy (non-hydrogen) atoms. The molecule has 1 aromatic heterocycles. The minimum absolute atomic E-state index is 0.0111. The first-order valence-corrected chi connectivity index (χ1v) is 8.41. The van der Waals surface area contributed by atoms with Crippen molar-refractivity contribution in [3.63, 3.8) is 0 Å². The molecule has 7 nitrogen and oxygen atoms in total. The minimum Gasteiger partial charge on any atom is -0.496 e. The summed E-state index contributed by atoms with van der Waals surface area (Å²) in [5.74, 6) is 0.632. The van der Waals surface area contributed by atoms with Crippen molar-refractivity contribution >= 4 is 17.7 Å². The number of hydrogen-bond donors (Lipinski definition) is 1. The molecule has 1 N–H and O–H groups in total. The number of Topliss-reactive ketones (excluding diaryl/α,β-unsaturated/α-hetero) is 1. The van der Waals surface area contributed by atoms with E-state index >= 15 is 0 Å². The Balaban J connectivity index is 2.11. The summed E-state index contributed by atoms with van der Waals surface area (Å²) in [4.78, 5) is 37.6. The highest BCUT2D eigenvalue weighted by atomic mass is 16.5. The van der Waals surface area contributed by atoms with Gasteiger partial charge in [0.2, 0.25) is 5.78 Å². The largest absolute Gasteiger partial charge is 0.496 e. The summed E-state index contributed by atoms with van der Waals surface area (Å²) >= 11 is 0. The number of benzene rings is 1. The van der Waals surface area contributed by atoms with Crippen molar-refractivity contribution in [2.45, 2.75) is 26.8 Å². The van der Waals surface area contributed by atoms with Gasteiger partial charge in [0.25, 0.3) is 5.56 Å². The van der Waals surface area contributed by atoms with E-state index in [4.69, 9.17) is 4.74 Å². The molecule has 3 rings (SSSR count). The Kier molecular flexibility index (Phi) is 4.54. The molecule has 0 saturated carbocycles. The maximum absolute atomic E-state index is 12.8. The van der Waals surface area contributed by atoms with Gasteiger partial charge in [-0.1, -0.05) is 13.0 Å². The van der Waals surface area contributed by atoms with Crippen LogP contribution in [-0.2, 0) is 13.6 Å². The van der Waals surface area contributed by atoms with Crippen molar-refractivity contribution in [2.24, 2.45) is 7.05 Å². The number of aryl methyl sites for hydroxylation is 1. The Morgan fingerprint density at radius 3 is 2.58 bits per heavy atom. The molecule has 0 radical (unpaired) electrons. The third-order valence-corrected chi connectivity index (χ3v) is 4.44. The van der Waals surface area contributed by atoms with E-state index in [1.54, 1.807) is 13.2 Å². The van der Waals surface area contributed by atoms with Gasteiger partial charge in [0.15, 0.2) is 0 Å². The van der Waals surface area contributed by atoms with Crippen LogP contribution >= 0.6 is 0 Å². The van der Waals surface area contributed by atoms with E-state index in [0.717, 1.165) is 21.4 Å². The molecule has 0 bridgehead atoms. The lowest BCUT2D eigenvalue weighted by Gasteiger charge is -2.11. The summed E-state index contributed by atoms with van der Waals surface area (Å²) in [6, 6.07) is 5.54. The molecular formula is C19H21N3O4. The number of allylic oxidation sites excluding steroid dienone is 1. The molecular weight excluding hydrogens is 334 g/mol. The lowest BCUT2D eigenvalue weighted by Crippen LogP contribution is -2.40. The van der Waals surface area contributed by atoms with Gasteiger partial charge >= 0.3 is 5.69 Å². The fourth-order valence-corrected chi connectivity index (χ4v) is 3.11. The van der Waals surface area contributed by atoms with Gasteiger partial charge in [-0.15, -0.1) is 0 Å². The van der Waals surface area contributed by atoms with Gasteiger partial charge < -0.3 is 10.1 Å². The molecule has 0 amide bonds. The Bertz CT molecular complexity index is 1040. The van der Waals surface area contributed by atoms with Gasteiger partial charge in [0.05, 0.1) is 12.8 Å². The van der Waals surface area contributed by atoms with Crippen LogP contribution in [-0.4, -0.2) is 22.0 Å². The molecule has 0 saturated heterocycles. The highest BCUT2D eigenvalue weighted by Gasteiger charge is 2.32. The Morgan fingerprint density at radius 2 is 1.96 bits per heavy atom. The number of rotatable bonds is 4. The molecule has 0 fully saturated rings. The Labute approximate surface area is 150 Å². The maximum Gasteiger partial charge on any atom is 0.332 e. The van der Waals surface area contributed by atoms with Crippen LogP contribution in [0.3, 0.4) is 0 Å². The summed E-state index contributed by atoms with van der Waals surface area (Å²) in [5.41, 5.74) is 1.01. The average Bonchev–Trinajstić information content (AvgIpc) is 2.93. The first-order valence-electron chi connectivity index (χ1n) is 8.41. The number of nitrogens with zero attached hydrogens (tertiary/aromatic N) is 2. The zero-order valence-electron chi connectivity index (χ0n) is 15.3. The van der Waals surface area contributed by atoms with E-state index in [-0.39, 0.29) is 17.1 Å². The molecule has 0 spiro atoms. The Morgan fingerprint density at radius 1 is 1.23 bits per heavy atom. The first-order chi connectivity index (χ1) is 12.4. The van der Waals surface area contributed by atoms with Crippen LogP contribution in [0.5, 0.6) is 5.75 Å². The van der Waals surface area contributed by atoms with E-state index < -0.39 is 17.0 Å². The smallest absolute Gasteiger partial charge is 0.332 e. The molecule has 1 aliphatic heterocycles. The fraction of sp³-hybridized carbons (Fsp3) is 0.316. The SMILES string of the molecule is CCCn1c2c(c(=O)n(C)c1=O)C(=O)/C(=C/c1ccc(OC)c(C)c1)N2. The molecule has 1 aromatic carbocycles. The third kappa shape index (κ3) is 2.75. The quantitative estimate of drug-likeness (QED) is 0.848. The van der Waals surface area contributed by atoms with Crippen molar-refractivity contribution in [3.8, 4) is 5.75 Å². The second kappa shape index (κ2) is 6.67. The number of methoxy groups -OCH3 is 1. The van der Waals surface area contributed by atoms with Crippen molar-refractivity contribution in [1.82, 2.24) is 9.13 Å². The topological polar surface area (TPSA) is 82.3 Å². The number of fused-ring (bicyclic) bond motifs is 1. The number of aromatic nitrogens is 2. The fourth-order valence-electron chi connectivity index (χ4n) is 3.11. The number of carbonyl (C=O) groups is 1. The molecule has 2 heterocycles. The molecule has 7 heteroatoms. The monoisotopic (exact) mass is 355 g/mol. The first kappa shape index (κ1) is 17.7. The van der Waals surface area contributed by atoms with Crippen LogP contribution in [0.1, 0.15) is 34.8 Å². The normalized spacial score (nSPS) is 14.5. The number of nitrogens with one attached hydrogen (secondary N) is 1. The van der Waals surface area contributed by atoms with Crippen LogP contribution in [0.4, 0.5) is 5.82 Å². The summed E-state index contributed by atoms with van der Waals surface area (Å²) in [5, 5.41) is 2.97. The van der Waals surface area contributed by atoms with E-state index in [1.165, 1.54) is 11.6 Å². The Hall–Kier alpha value is -3.09. The van der Waals surface area contributed by atoms with Gasteiger partial charge in [0, 0.05) is 13.6 Å². The summed E-state index contributed by atoms with van der Waals surface area (Å²) in [7, 11) is 2.99. The van der Waals surface area contributed by atoms with Gasteiger partial charge in [-0.05, 0) is 42.7 Å². The van der Waals surface area contributed by atoms with E-state index in [9.17, 15) is 14.4 Å². The predicted octanol–water partition coefficient (Wildman–Crippen LogP) is 1.92. The summed E-state index contributed by atoms with van der Waals surface area (Å²) in [6.07, 6.45) is 2.38. The second-order valence-corrected chi connectivity index (χ2v) is 6.26. The third-order valence-electron chi connectivity index (χ3n) is 4.44. The standard InChI is InChI=1S/C19H21N3O4/c1-5-8-22-17-15(18(24)21(3)19(22)25)16(23)13(20-17)10-12-6-7-14(26-4)11(2)9-12/h6-7,9-10,20H,5,8H2,1-4H3/b13-10-. The second-order valence-electron chi connectivity index (χ2n) is 6.26. The van der Waals surface area contributed by atoms with Crippen molar-refractivity contribution in [1.29, 1.82) is 0 Å². The number of ketones is 1. The molecule has 2 aromatic rings. The van der Waals surface area contributed by atoms with Crippen molar-refractivity contribution in [3.05, 3.63) is 61.4 Å². The van der Waals surface area contributed by atoms with E-state index in [1.807, 2.05) is 32.0 Å². The average molecular weight is 355 g/mol. The number of ether oxygens (including phenoxy) is 1. The number of hydrogen-bond acceptors (Lipinski definition) is 5. The van der Waals surface area contributed by atoms with Crippen molar-refractivity contribution in [2.75, 3.05) is 12.4 Å². The summed E-state index contributed by atoms with van der Waals surface area (Å²) in [6.45, 7) is 4.26. The van der Waals surface area contributed by atoms with E-state index in [2.05, 4.69) is 5.32 Å². The van der Waals surface area contributed by atoms with Gasteiger partial charge in [-0.3, -0.25) is 18.7 Å². The van der Waals surface area contributed by atoms with Crippen molar-refractivity contribution < 1.29 is 9.53 Å². The molecule has 136 valence electrons. The molecule has 1 aliphatic rings. The zero-order chi connectivity index (χ0) is 19.0. The molecule has 0 aliphatic carbocycles. The highest BCUT2D eigenvalue weighted by molar-refractivity contribution is 6.19. The molecule has 0 unspecified atom stereocenters. The zero-order valence-corrected chi connectivity index (χ0v) is 15.3. The van der Waals surface area contributed by atoms with Gasteiger partial charge in [0.1, 0.15) is 17.1 Å². The van der Waals surface area contributed by atoms with Crippen LogP contribution in [0.15, 0.2) is 33.5 Å². The maximum atomic E-state index is 12.8. The summed E-state index contributed by atoms with van der Waals surface area (Å²) < 4.78 is 7.66. The lowest BCUT2D eigenvalue weighted by molar-refractivity contribution is 0.104.